The van der Waals surface area contributed by atoms with Gasteiger partial charge in [0.15, 0.2) is 0 Å². The Morgan fingerprint density at radius 2 is 1.94 bits per heavy atom. The molecule has 0 aliphatic heterocycles. The Morgan fingerprint density at radius 1 is 1.28 bits per heavy atom. The van der Waals surface area contributed by atoms with Crippen molar-refractivity contribution in [3.63, 3.8) is 0 Å². The van der Waals surface area contributed by atoms with Gasteiger partial charge in [0.25, 0.3) is 11.4 Å². The molecule has 0 aliphatic carbocycles. The Balaban J connectivity index is 2.93. The molecule has 18 heavy (non-hydrogen) atoms. The topological polar surface area (TPSA) is 115 Å². The molecule has 0 atom stereocenters. The van der Waals surface area contributed by atoms with Gasteiger partial charge in [-0.2, -0.15) is 0 Å². The summed E-state index contributed by atoms with van der Waals surface area (Å²) in [5.74, 6) is -0.237. The SMILES string of the molecule is CC(=O)NCCc1ccc([N+](=O)[O-])cc1[N+](=O)[O-]. The summed E-state index contributed by atoms with van der Waals surface area (Å²) in [4.78, 5) is 30.6. The number of hydrogen-bond acceptors (Lipinski definition) is 5. The van der Waals surface area contributed by atoms with Crippen molar-refractivity contribution in [3.8, 4) is 0 Å². The first-order chi connectivity index (χ1) is 8.41. The number of nitro benzene ring substituents is 2. The minimum atomic E-state index is -0.690. The lowest BCUT2D eigenvalue weighted by Crippen LogP contribution is -2.22. The van der Waals surface area contributed by atoms with E-state index in [0.717, 1.165) is 6.07 Å². The van der Waals surface area contributed by atoms with Crippen molar-refractivity contribution in [1.82, 2.24) is 5.32 Å². The molecular weight excluding hydrogens is 242 g/mol. The largest absolute Gasteiger partial charge is 0.356 e. The van der Waals surface area contributed by atoms with E-state index in [1.807, 2.05) is 0 Å². The van der Waals surface area contributed by atoms with Crippen LogP contribution >= 0.6 is 0 Å². The van der Waals surface area contributed by atoms with Crippen LogP contribution < -0.4 is 5.32 Å². The number of carbonyl (C=O) groups is 1. The maximum atomic E-state index is 10.8. The van der Waals surface area contributed by atoms with Crippen molar-refractivity contribution in [2.24, 2.45) is 0 Å². The van der Waals surface area contributed by atoms with Crippen molar-refractivity contribution < 1.29 is 14.6 Å². The van der Waals surface area contributed by atoms with Crippen LogP contribution in [0.5, 0.6) is 0 Å². The normalized spacial score (nSPS) is 9.83. The molecule has 1 aromatic rings. The molecule has 1 aromatic carbocycles. The fourth-order valence-electron chi connectivity index (χ4n) is 1.42. The van der Waals surface area contributed by atoms with Crippen LogP contribution in [0.4, 0.5) is 11.4 Å². The fraction of sp³-hybridized carbons (Fsp3) is 0.300. The maximum absolute atomic E-state index is 10.8. The number of hydrogen-bond donors (Lipinski definition) is 1. The summed E-state index contributed by atoms with van der Waals surface area (Å²) in [5, 5.41) is 23.8. The van der Waals surface area contributed by atoms with Crippen molar-refractivity contribution in [2.75, 3.05) is 6.54 Å². The highest BCUT2D eigenvalue weighted by Crippen LogP contribution is 2.24. The fourth-order valence-corrected chi connectivity index (χ4v) is 1.42. The van der Waals surface area contributed by atoms with Crippen LogP contribution in [0.1, 0.15) is 12.5 Å². The Labute approximate surface area is 102 Å². The van der Waals surface area contributed by atoms with Gasteiger partial charge in [0.05, 0.1) is 15.9 Å². The molecular formula is C10H11N3O5. The molecule has 0 spiro atoms. The summed E-state index contributed by atoms with van der Waals surface area (Å²) in [7, 11) is 0. The van der Waals surface area contributed by atoms with Crippen LogP contribution in [0.15, 0.2) is 18.2 Å². The highest BCUT2D eigenvalue weighted by atomic mass is 16.6. The second-order valence-corrected chi connectivity index (χ2v) is 3.56. The van der Waals surface area contributed by atoms with Gasteiger partial charge < -0.3 is 5.32 Å². The third kappa shape index (κ3) is 3.51. The molecule has 0 radical (unpaired) electrons. The molecule has 0 fully saturated rings. The molecule has 0 saturated heterocycles. The number of rotatable bonds is 5. The number of non-ortho nitro benzene ring substituents is 1. The molecule has 1 N–H and O–H groups in total. The van der Waals surface area contributed by atoms with Crippen molar-refractivity contribution in [2.45, 2.75) is 13.3 Å². The first-order valence-electron chi connectivity index (χ1n) is 5.08. The maximum Gasteiger partial charge on any atom is 0.279 e. The summed E-state index contributed by atoms with van der Waals surface area (Å²) in [5.41, 5.74) is -0.293. The molecule has 0 saturated carbocycles. The summed E-state index contributed by atoms with van der Waals surface area (Å²) in [6.45, 7) is 1.58. The van der Waals surface area contributed by atoms with Crippen molar-refractivity contribution >= 4 is 17.3 Å². The zero-order valence-corrected chi connectivity index (χ0v) is 9.58. The number of nitro groups is 2. The Morgan fingerprint density at radius 3 is 2.44 bits per heavy atom. The Hall–Kier alpha value is -2.51. The molecule has 8 nitrogen and oxygen atoms in total. The molecule has 0 heterocycles. The standard InChI is InChI=1S/C10H11N3O5/c1-7(14)11-5-4-8-2-3-9(12(15)16)6-10(8)13(17)18/h2-3,6H,4-5H2,1H3,(H,11,14). The van der Waals surface area contributed by atoms with E-state index in [-0.39, 0.29) is 30.2 Å². The lowest BCUT2D eigenvalue weighted by atomic mass is 10.1. The van der Waals surface area contributed by atoms with E-state index in [1.165, 1.54) is 19.1 Å². The van der Waals surface area contributed by atoms with Crippen LogP contribution in [-0.4, -0.2) is 22.3 Å². The predicted molar refractivity (Wildman–Crippen MR) is 62.1 cm³/mol. The van der Waals surface area contributed by atoms with Crippen LogP contribution in [0.25, 0.3) is 0 Å². The van der Waals surface area contributed by atoms with Crippen LogP contribution in [0.2, 0.25) is 0 Å². The number of amides is 1. The number of nitrogens with one attached hydrogen (secondary N) is 1. The molecule has 0 bridgehead atoms. The van der Waals surface area contributed by atoms with Gasteiger partial charge in [-0.15, -0.1) is 0 Å². The number of nitrogens with zero attached hydrogens (tertiary/aromatic N) is 2. The Bertz CT molecular complexity index is 500. The van der Waals surface area contributed by atoms with Gasteiger partial charge in [-0.3, -0.25) is 25.0 Å². The van der Waals surface area contributed by atoms with E-state index in [2.05, 4.69) is 5.32 Å². The zero-order valence-electron chi connectivity index (χ0n) is 9.58. The minimum absolute atomic E-state index is 0.237. The molecule has 1 rings (SSSR count). The number of carbonyl (C=O) groups excluding carboxylic acids is 1. The van der Waals surface area contributed by atoms with E-state index < -0.39 is 9.85 Å². The van der Waals surface area contributed by atoms with Crippen LogP contribution in [0, 0.1) is 20.2 Å². The van der Waals surface area contributed by atoms with Gasteiger partial charge in [0, 0.05) is 25.1 Å². The smallest absolute Gasteiger partial charge is 0.279 e. The molecule has 1 amide bonds. The summed E-state index contributed by atoms with van der Waals surface area (Å²) < 4.78 is 0. The van der Waals surface area contributed by atoms with E-state index in [1.54, 1.807) is 0 Å². The van der Waals surface area contributed by atoms with Gasteiger partial charge in [-0.1, -0.05) is 0 Å². The van der Waals surface area contributed by atoms with Gasteiger partial charge in [-0.25, -0.2) is 0 Å². The van der Waals surface area contributed by atoms with E-state index in [9.17, 15) is 25.0 Å². The van der Waals surface area contributed by atoms with E-state index in [0.29, 0.717) is 5.56 Å². The minimum Gasteiger partial charge on any atom is -0.356 e. The van der Waals surface area contributed by atoms with Gasteiger partial charge in [-0.05, 0) is 12.5 Å². The highest BCUT2D eigenvalue weighted by Gasteiger charge is 2.18. The van der Waals surface area contributed by atoms with Gasteiger partial charge in [0.1, 0.15) is 0 Å². The quantitative estimate of drug-likeness (QED) is 0.624. The van der Waals surface area contributed by atoms with Gasteiger partial charge >= 0.3 is 0 Å². The van der Waals surface area contributed by atoms with Crippen LogP contribution in [0.3, 0.4) is 0 Å². The monoisotopic (exact) mass is 253 g/mol. The molecule has 0 aromatic heterocycles. The highest BCUT2D eigenvalue weighted by molar-refractivity contribution is 5.72. The summed E-state index contributed by atoms with van der Waals surface area (Å²) in [6, 6.07) is 3.46. The van der Waals surface area contributed by atoms with Crippen molar-refractivity contribution in [3.05, 3.63) is 44.0 Å². The van der Waals surface area contributed by atoms with E-state index >= 15 is 0 Å². The summed E-state index contributed by atoms with van der Waals surface area (Å²) >= 11 is 0. The lowest BCUT2D eigenvalue weighted by Gasteiger charge is -2.03. The van der Waals surface area contributed by atoms with Gasteiger partial charge in [0.2, 0.25) is 5.91 Å². The predicted octanol–water partition coefficient (Wildman–Crippen LogP) is 1.18. The molecule has 8 heteroatoms. The van der Waals surface area contributed by atoms with Crippen LogP contribution in [-0.2, 0) is 11.2 Å². The van der Waals surface area contributed by atoms with Crippen molar-refractivity contribution in [1.29, 1.82) is 0 Å². The second-order valence-electron chi connectivity index (χ2n) is 3.56. The average Bonchev–Trinajstić information content (AvgIpc) is 2.28. The second kappa shape index (κ2) is 5.71. The first-order valence-corrected chi connectivity index (χ1v) is 5.08. The molecule has 96 valence electrons. The number of benzene rings is 1. The lowest BCUT2D eigenvalue weighted by molar-refractivity contribution is -0.394. The molecule has 0 aliphatic rings. The van der Waals surface area contributed by atoms with E-state index in [4.69, 9.17) is 0 Å². The third-order valence-electron chi connectivity index (χ3n) is 2.24. The zero-order chi connectivity index (χ0) is 13.7. The third-order valence-corrected chi connectivity index (χ3v) is 2.24. The first kappa shape index (κ1) is 13.6. The summed E-state index contributed by atoms with van der Waals surface area (Å²) in [6.07, 6.45) is 0.244. The average molecular weight is 253 g/mol. The molecule has 0 unspecified atom stereocenters. The Kier molecular flexibility index (Phi) is 4.30.